The number of likely N-dealkylation sites (tertiary alicyclic amines) is 1. The van der Waals surface area contributed by atoms with Crippen molar-refractivity contribution in [3.8, 4) is 0 Å². The SMILES string of the molecule is C[C@H]1CCCCN1C(=O)[C@]1(C)CC(c2cccs2)=NO1. The van der Waals surface area contributed by atoms with Gasteiger partial charge >= 0.3 is 0 Å². The number of hydrogen-bond acceptors (Lipinski definition) is 4. The molecule has 0 unspecified atom stereocenters. The zero-order valence-electron chi connectivity index (χ0n) is 12.0. The van der Waals surface area contributed by atoms with Crippen LogP contribution in [0.1, 0.15) is 44.4 Å². The molecule has 0 N–H and O–H groups in total. The van der Waals surface area contributed by atoms with Crippen LogP contribution in [0.15, 0.2) is 22.7 Å². The molecule has 3 heterocycles. The Morgan fingerprint density at radius 2 is 2.40 bits per heavy atom. The molecule has 0 spiro atoms. The van der Waals surface area contributed by atoms with Gasteiger partial charge in [-0.1, -0.05) is 11.2 Å². The molecule has 2 atom stereocenters. The lowest BCUT2D eigenvalue weighted by Crippen LogP contribution is -2.52. The molecule has 108 valence electrons. The first-order valence-electron chi connectivity index (χ1n) is 7.20. The summed E-state index contributed by atoms with van der Waals surface area (Å²) in [7, 11) is 0. The quantitative estimate of drug-likeness (QED) is 0.841. The van der Waals surface area contributed by atoms with Gasteiger partial charge in [0, 0.05) is 19.0 Å². The minimum Gasteiger partial charge on any atom is -0.379 e. The average Bonchev–Trinajstić information content (AvgIpc) is 3.08. The first-order chi connectivity index (χ1) is 9.60. The van der Waals surface area contributed by atoms with E-state index in [1.165, 1.54) is 6.42 Å². The van der Waals surface area contributed by atoms with Crippen LogP contribution in [-0.2, 0) is 9.63 Å². The summed E-state index contributed by atoms with van der Waals surface area (Å²) in [5.74, 6) is 0.0833. The maximum atomic E-state index is 12.8. The number of piperidine rings is 1. The number of nitrogens with zero attached hydrogens (tertiary/aromatic N) is 2. The van der Waals surface area contributed by atoms with E-state index in [-0.39, 0.29) is 5.91 Å². The summed E-state index contributed by atoms with van der Waals surface area (Å²) in [6.07, 6.45) is 3.94. The molecule has 1 aromatic heterocycles. The molecule has 20 heavy (non-hydrogen) atoms. The Balaban J connectivity index is 1.73. The summed E-state index contributed by atoms with van der Waals surface area (Å²) in [4.78, 5) is 21.4. The van der Waals surface area contributed by atoms with Gasteiger partial charge in [-0.25, -0.2) is 0 Å². The van der Waals surface area contributed by atoms with Crippen molar-refractivity contribution >= 4 is 23.0 Å². The molecule has 3 rings (SSSR count). The van der Waals surface area contributed by atoms with Gasteiger partial charge in [-0.05, 0) is 44.6 Å². The van der Waals surface area contributed by atoms with Gasteiger partial charge in [0.2, 0.25) is 5.60 Å². The van der Waals surface area contributed by atoms with Crippen LogP contribution < -0.4 is 0 Å². The topological polar surface area (TPSA) is 41.9 Å². The van der Waals surface area contributed by atoms with E-state index in [2.05, 4.69) is 12.1 Å². The number of oxime groups is 1. The first-order valence-corrected chi connectivity index (χ1v) is 8.08. The van der Waals surface area contributed by atoms with Crippen LogP contribution in [-0.4, -0.2) is 34.7 Å². The van der Waals surface area contributed by atoms with E-state index >= 15 is 0 Å². The molecule has 0 bridgehead atoms. The van der Waals surface area contributed by atoms with Crippen molar-refractivity contribution in [2.75, 3.05) is 6.54 Å². The highest BCUT2D eigenvalue weighted by Gasteiger charge is 2.46. The third kappa shape index (κ3) is 2.35. The van der Waals surface area contributed by atoms with E-state index in [9.17, 15) is 4.79 Å². The van der Waals surface area contributed by atoms with E-state index in [0.29, 0.717) is 12.5 Å². The highest BCUT2D eigenvalue weighted by Crippen LogP contribution is 2.32. The van der Waals surface area contributed by atoms with E-state index < -0.39 is 5.60 Å². The Labute approximate surface area is 123 Å². The van der Waals surface area contributed by atoms with Crippen LogP contribution in [0.2, 0.25) is 0 Å². The molecular weight excluding hydrogens is 272 g/mol. The Morgan fingerprint density at radius 3 is 3.10 bits per heavy atom. The van der Waals surface area contributed by atoms with Crippen LogP contribution >= 0.6 is 11.3 Å². The van der Waals surface area contributed by atoms with Crippen molar-refractivity contribution in [1.82, 2.24) is 4.90 Å². The number of carbonyl (C=O) groups is 1. The Kier molecular flexibility index (Phi) is 3.54. The van der Waals surface area contributed by atoms with E-state index in [1.807, 2.05) is 29.3 Å². The van der Waals surface area contributed by atoms with Crippen molar-refractivity contribution in [2.45, 2.75) is 51.2 Å². The molecule has 2 aliphatic heterocycles. The highest BCUT2D eigenvalue weighted by atomic mass is 32.1. The molecule has 1 fully saturated rings. The Hall–Kier alpha value is -1.36. The standard InChI is InChI=1S/C15H20N2O2S/c1-11-6-3-4-8-17(11)14(18)15(2)10-12(16-19-15)13-7-5-9-20-13/h5,7,9,11H,3-4,6,8,10H2,1-2H3/t11-,15-/m0/s1. The van der Waals surface area contributed by atoms with Crippen molar-refractivity contribution < 1.29 is 9.63 Å². The molecule has 2 aliphatic rings. The smallest absolute Gasteiger partial charge is 0.269 e. The molecule has 5 heteroatoms. The lowest BCUT2D eigenvalue weighted by molar-refractivity contribution is -0.156. The predicted molar refractivity (Wildman–Crippen MR) is 80.0 cm³/mol. The summed E-state index contributed by atoms with van der Waals surface area (Å²) in [6, 6.07) is 4.32. The van der Waals surface area contributed by atoms with Crippen molar-refractivity contribution in [1.29, 1.82) is 0 Å². The molecule has 0 saturated carbocycles. The number of rotatable bonds is 2. The maximum absolute atomic E-state index is 12.8. The normalized spacial score (nSPS) is 30.0. The van der Waals surface area contributed by atoms with Gasteiger partial charge in [-0.2, -0.15) is 0 Å². The summed E-state index contributed by atoms with van der Waals surface area (Å²) < 4.78 is 0. The zero-order valence-corrected chi connectivity index (χ0v) is 12.8. The van der Waals surface area contributed by atoms with Crippen LogP contribution in [0.3, 0.4) is 0 Å². The number of amides is 1. The Morgan fingerprint density at radius 1 is 1.55 bits per heavy atom. The van der Waals surface area contributed by atoms with E-state index in [0.717, 1.165) is 30.0 Å². The second-order valence-electron chi connectivity index (χ2n) is 5.86. The molecule has 1 amide bonds. The van der Waals surface area contributed by atoms with Gasteiger partial charge in [-0.15, -0.1) is 11.3 Å². The van der Waals surface area contributed by atoms with E-state index in [4.69, 9.17) is 4.84 Å². The third-order valence-electron chi connectivity index (χ3n) is 4.18. The fourth-order valence-electron chi connectivity index (χ4n) is 2.93. The van der Waals surface area contributed by atoms with Gasteiger partial charge in [0.1, 0.15) is 5.71 Å². The van der Waals surface area contributed by atoms with Gasteiger partial charge in [0.15, 0.2) is 0 Å². The third-order valence-corrected chi connectivity index (χ3v) is 5.10. The molecule has 1 saturated heterocycles. The molecule has 0 aromatic carbocycles. The summed E-state index contributed by atoms with van der Waals surface area (Å²) in [5, 5.41) is 6.17. The zero-order chi connectivity index (χ0) is 14.2. The molecular formula is C15H20N2O2S. The summed E-state index contributed by atoms with van der Waals surface area (Å²) in [6.45, 7) is 4.82. The van der Waals surface area contributed by atoms with Gasteiger partial charge in [0.05, 0.1) is 4.88 Å². The minimum absolute atomic E-state index is 0.0833. The van der Waals surface area contributed by atoms with Crippen LogP contribution in [0.4, 0.5) is 0 Å². The number of hydrogen-bond donors (Lipinski definition) is 0. The van der Waals surface area contributed by atoms with Crippen LogP contribution in [0, 0.1) is 0 Å². The van der Waals surface area contributed by atoms with Gasteiger partial charge in [-0.3, -0.25) is 4.79 Å². The fourth-order valence-corrected chi connectivity index (χ4v) is 3.64. The maximum Gasteiger partial charge on any atom is 0.269 e. The summed E-state index contributed by atoms with van der Waals surface area (Å²) >= 11 is 1.63. The molecule has 0 aliphatic carbocycles. The number of carbonyl (C=O) groups excluding carboxylic acids is 1. The van der Waals surface area contributed by atoms with Crippen molar-refractivity contribution in [3.63, 3.8) is 0 Å². The van der Waals surface area contributed by atoms with Crippen LogP contribution in [0.5, 0.6) is 0 Å². The lowest BCUT2D eigenvalue weighted by atomic mass is 9.94. The fraction of sp³-hybridized carbons (Fsp3) is 0.600. The first kappa shape index (κ1) is 13.6. The number of thiophene rings is 1. The molecule has 1 aromatic rings. The van der Waals surface area contributed by atoms with Crippen molar-refractivity contribution in [2.24, 2.45) is 5.16 Å². The monoisotopic (exact) mass is 292 g/mol. The lowest BCUT2D eigenvalue weighted by Gasteiger charge is -2.37. The average molecular weight is 292 g/mol. The highest BCUT2D eigenvalue weighted by molar-refractivity contribution is 7.12. The second kappa shape index (κ2) is 5.20. The van der Waals surface area contributed by atoms with E-state index in [1.54, 1.807) is 11.3 Å². The largest absolute Gasteiger partial charge is 0.379 e. The molecule has 0 radical (unpaired) electrons. The van der Waals surface area contributed by atoms with Crippen LogP contribution in [0.25, 0.3) is 0 Å². The summed E-state index contributed by atoms with van der Waals surface area (Å²) in [5.41, 5.74) is 0.0609. The van der Waals surface area contributed by atoms with Gasteiger partial charge < -0.3 is 9.74 Å². The predicted octanol–water partition coefficient (Wildman–Crippen LogP) is 3.03. The molecule has 4 nitrogen and oxygen atoms in total. The van der Waals surface area contributed by atoms with Gasteiger partial charge in [0.25, 0.3) is 5.91 Å². The second-order valence-corrected chi connectivity index (χ2v) is 6.81. The van der Waals surface area contributed by atoms with Crippen molar-refractivity contribution in [3.05, 3.63) is 22.4 Å². The minimum atomic E-state index is -0.828. The Bertz CT molecular complexity index is 526.